The first kappa shape index (κ1) is 8.14. The average Bonchev–Trinajstić information content (AvgIpc) is 2.35. The van der Waals surface area contributed by atoms with Gasteiger partial charge in [0.1, 0.15) is 0 Å². The van der Waals surface area contributed by atoms with Crippen molar-refractivity contribution in [3.8, 4) is 0 Å². The summed E-state index contributed by atoms with van der Waals surface area (Å²) in [5.74, 6) is 0.826. The quantitative estimate of drug-likeness (QED) is 0.722. The van der Waals surface area contributed by atoms with Crippen molar-refractivity contribution in [2.24, 2.45) is 0 Å². The second-order valence-corrected chi connectivity index (χ2v) is 3.55. The Kier molecular flexibility index (Phi) is 2.54. The molecule has 0 atom stereocenters. The second-order valence-electron chi connectivity index (χ2n) is 2.26. The Balaban J connectivity index is 2.57. The Morgan fingerprint density at radius 1 is 1.55 bits per heavy atom. The zero-order valence-electron chi connectivity index (χ0n) is 6.77. The maximum Gasteiger partial charge on any atom is 0.0960 e. The van der Waals surface area contributed by atoms with E-state index >= 15 is 0 Å². The van der Waals surface area contributed by atoms with Gasteiger partial charge >= 0.3 is 0 Å². The van der Waals surface area contributed by atoms with E-state index in [1.165, 1.54) is 4.88 Å². The molecule has 0 spiro atoms. The van der Waals surface area contributed by atoms with E-state index in [1.807, 2.05) is 13.1 Å². The van der Waals surface area contributed by atoms with E-state index in [2.05, 4.69) is 30.2 Å². The summed E-state index contributed by atoms with van der Waals surface area (Å²) in [5.41, 5.74) is 0. The lowest BCUT2D eigenvalue weighted by Crippen LogP contribution is -2.11. The molecule has 0 saturated carbocycles. The Morgan fingerprint density at radius 2 is 2.27 bits per heavy atom. The minimum atomic E-state index is 0.826. The summed E-state index contributed by atoms with van der Waals surface area (Å²) in [6.07, 6.45) is 0. The van der Waals surface area contributed by atoms with E-state index in [1.54, 1.807) is 11.3 Å². The second kappa shape index (κ2) is 3.44. The summed E-state index contributed by atoms with van der Waals surface area (Å²) in [6.45, 7) is 5.84. The van der Waals surface area contributed by atoms with Crippen molar-refractivity contribution >= 4 is 16.3 Å². The molecule has 0 bridgehead atoms. The molecule has 60 valence electrons. The van der Waals surface area contributed by atoms with Gasteiger partial charge in [-0.1, -0.05) is 6.58 Å². The Hall–Kier alpha value is -0.960. The summed E-state index contributed by atoms with van der Waals surface area (Å²) in [4.78, 5) is 1.30. The van der Waals surface area contributed by atoms with Crippen LogP contribution in [-0.2, 0) is 0 Å². The van der Waals surface area contributed by atoms with Crippen LogP contribution in [0.25, 0.3) is 0 Å². The van der Waals surface area contributed by atoms with Gasteiger partial charge in [-0.2, -0.15) is 0 Å². The summed E-state index contributed by atoms with van der Waals surface area (Å²) in [6, 6.07) is 4.12. The number of rotatable bonds is 3. The largest absolute Gasteiger partial charge is 0.375 e. The molecule has 11 heavy (non-hydrogen) atoms. The molecule has 0 unspecified atom stereocenters. The molecule has 1 aromatic rings. The molecular formula is C8H12N2S. The summed E-state index contributed by atoms with van der Waals surface area (Å²) in [5, 5.41) is 7.18. The fourth-order valence-corrected chi connectivity index (χ4v) is 1.51. The highest BCUT2D eigenvalue weighted by Crippen LogP contribution is 2.21. The van der Waals surface area contributed by atoms with Crippen LogP contribution >= 0.6 is 11.3 Å². The molecule has 2 nitrogen and oxygen atoms in total. The van der Waals surface area contributed by atoms with Crippen molar-refractivity contribution in [1.82, 2.24) is 5.32 Å². The van der Waals surface area contributed by atoms with Crippen LogP contribution in [0.5, 0.6) is 0 Å². The molecule has 0 amide bonds. The van der Waals surface area contributed by atoms with Gasteiger partial charge in [-0.15, -0.1) is 11.3 Å². The van der Waals surface area contributed by atoms with Crippen LogP contribution in [0.4, 0.5) is 5.00 Å². The van der Waals surface area contributed by atoms with Gasteiger partial charge in [0.05, 0.1) is 10.8 Å². The van der Waals surface area contributed by atoms with Gasteiger partial charge in [-0.3, -0.25) is 0 Å². The Bertz CT molecular complexity index is 252. The summed E-state index contributed by atoms with van der Waals surface area (Å²) in [7, 11) is 1.84. The lowest BCUT2D eigenvalue weighted by atomic mass is 10.5. The minimum absolute atomic E-state index is 0.826. The van der Waals surface area contributed by atoms with Crippen molar-refractivity contribution in [3.05, 3.63) is 29.4 Å². The number of hydrogen-bond acceptors (Lipinski definition) is 3. The normalized spacial score (nSPS) is 9.27. The molecule has 0 fully saturated rings. The lowest BCUT2D eigenvalue weighted by molar-refractivity contribution is 1.01. The number of anilines is 1. The highest BCUT2D eigenvalue weighted by molar-refractivity contribution is 7.16. The van der Waals surface area contributed by atoms with Crippen LogP contribution in [0.3, 0.4) is 0 Å². The minimum Gasteiger partial charge on any atom is -0.375 e. The van der Waals surface area contributed by atoms with Crippen LogP contribution in [0, 0.1) is 6.92 Å². The molecule has 0 aliphatic rings. The summed E-state index contributed by atoms with van der Waals surface area (Å²) < 4.78 is 0. The first-order valence-corrected chi connectivity index (χ1v) is 4.24. The Morgan fingerprint density at radius 3 is 2.73 bits per heavy atom. The lowest BCUT2D eigenvalue weighted by Gasteiger charge is -2.04. The van der Waals surface area contributed by atoms with Crippen LogP contribution in [0.2, 0.25) is 0 Å². The Labute approximate surface area is 70.9 Å². The zero-order valence-corrected chi connectivity index (χ0v) is 7.59. The molecular weight excluding hydrogens is 156 g/mol. The zero-order chi connectivity index (χ0) is 8.27. The van der Waals surface area contributed by atoms with E-state index in [-0.39, 0.29) is 0 Å². The fraction of sp³-hybridized carbons (Fsp3) is 0.250. The third kappa shape index (κ3) is 2.27. The van der Waals surface area contributed by atoms with Gasteiger partial charge in [0.25, 0.3) is 0 Å². The van der Waals surface area contributed by atoms with Gasteiger partial charge < -0.3 is 10.6 Å². The molecule has 0 aliphatic carbocycles. The van der Waals surface area contributed by atoms with E-state index in [9.17, 15) is 0 Å². The fourth-order valence-electron chi connectivity index (χ4n) is 0.713. The van der Waals surface area contributed by atoms with Gasteiger partial charge in [0, 0.05) is 11.9 Å². The van der Waals surface area contributed by atoms with Gasteiger partial charge in [-0.25, -0.2) is 0 Å². The first-order chi connectivity index (χ1) is 5.22. The predicted octanol–water partition coefficient (Wildman–Crippen LogP) is 2.16. The van der Waals surface area contributed by atoms with Gasteiger partial charge in [0.15, 0.2) is 0 Å². The predicted molar refractivity (Wildman–Crippen MR) is 50.9 cm³/mol. The first-order valence-electron chi connectivity index (χ1n) is 3.42. The standard InChI is InChI=1S/C8H12N2S/c1-6-4-5-8(11-6)10-7(2)9-3/h4-5,9-10H,2H2,1,3H3. The third-order valence-corrected chi connectivity index (χ3v) is 2.23. The summed E-state index contributed by atoms with van der Waals surface area (Å²) >= 11 is 1.72. The molecule has 1 heterocycles. The topological polar surface area (TPSA) is 24.1 Å². The van der Waals surface area contributed by atoms with E-state index < -0.39 is 0 Å². The van der Waals surface area contributed by atoms with Crippen molar-refractivity contribution < 1.29 is 0 Å². The van der Waals surface area contributed by atoms with Crippen molar-refractivity contribution in [2.45, 2.75) is 6.92 Å². The molecule has 0 aromatic carbocycles. The van der Waals surface area contributed by atoms with Crippen LogP contribution in [0.1, 0.15) is 4.88 Å². The van der Waals surface area contributed by atoms with Gasteiger partial charge in [-0.05, 0) is 19.1 Å². The molecule has 0 radical (unpaired) electrons. The molecule has 3 heteroatoms. The van der Waals surface area contributed by atoms with Crippen LogP contribution in [-0.4, -0.2) is 7.05 Å². The van der Waals surface area contributed by atoms with Crippen molar-refractivity contribution in [1.29, 1.82) is 0 Å². The maximum atomic E-state index is 3.76. The molecule has 1 aromatic heterocycles. The highest BCUT2D eigenvalue weighted by atomic mass is 32.1. The van der Waals surface area contributed by atoms with E-state index in [0.29, 0.717) is 0 Å². The number of aryl methyl sites for hydroxylation is 1. The third-order valence-electron chi connectivity index (χ3n) is 1.32. The van der Waals surface area contributed by atoms with Gasteiger partial charge in [0.2, 0.25) is 0 Å². The molecule has 2 N–H and O–H groups in total. The number of nitrogens with one attached hydrogen (secondary N) is 2. The van der Waals surface area contributed by atoms with E-state index in [4.69, 9.17) is 0 Å². The highest BCUT2D eigenvalue weighted by Gasteiger charge is 1.94. The number of hydrogen-bond donors (Lipinski definition) is 2. The molecule has 0 saturated heterocycles. The molecule has 1 rings (SSSR count). The van der Waals surface area contributed by atoms with Crippen molar-refractivity contribution in [2.75, 3.05) is 12.4 Å². The SMILES string of the molecule is C=C(NC)Nc1ccc(C)s1. The average molecular weight is 168 g/mol. The van der Waals surface area contributed by atoms with Crippen molar-refractivity contribution in [3.63, 3.8) is 0 Å². The van der Waals surface area contributed by atoms with Crippen LogP contribution in [0.15, 0.2) is 24.5 Å². The van der Waals surface area contributed by atoms with E-state index in [0.717, 1.165) is 10.8 Å². The molecule has 0 aliphatic heterocycles. The smallest absolute Gasteiger partial charge is 0.0960 e. The maximum absolute atomic E-state index is 3.76. The van der Waals surface area contributed by atoms with Crippen LogP contribution < -0.4 is 10.6 Å². The monoisotopic (exact) mass is 168 g/mol. The number of thiophene rings is 1.